The Balaban J connectivity index is 2.27. The van der Waals surface area contributed by atoms with Crippen molar-refractivity contribution in [3.8, 4) is 0 Å². The zero-order valence-electron chi connectivity index (χ0n) is 12.3. The normalized spacial score (nSPS) is 26.6. The molecule has 0 aromatic carbocycles. The highest BCUT2D eigenvalue weighted by Gasteiger charge is 2.36. The van der Waals surface area contributed by atoms with Crippen LogP contribution in [0.5, 0.6) is 0 Å². The van der Waals surface area contributed by atoms with Gasteiger partial charge < -0.3 is 10.6 Å². The molecule has 2 heteroatoms. The molecule has 0 bridgehead atoms. The van der Waals surface area contributed by atoms with E-state index in [1.165, 1.54) is 51.7 Å². The van der Waals surface area contributed by atoms with Crippen LogP contribution in [-0.2, 0) is 0 Å². The molecule has 0 aliphatic carbocycles. The van der Waals surface area contributed by atoms with E-state index in [2.05, 4.69) is 38.3 Å². The Bertz CT molecular complexity index is 195. The van der Waals surface area contributed by atoms with Gasteiger partial charge in [0.25, 0.3) is 0 Å². The fourth-order valence-electron chi connectivity index (χ4n) is 2.79. The van der Waals surface area contributed by atoms with Crippen LogP contribution < -0.4 is 10.6 Å². The summed E-state index contributed by atoms with van der Waals surface area (Å²) < 4.78 is 0. The van der Waals surface area contributed by atoms with Crippen molar-refractivity contribution in [3.63, 3.8) is 0 Å². The zero-order chi connectivity index (χ0) is 12.7. The van der Waals surface area contributed by atoms with Crippen LogP contribution in [0.4, 0.5) is 0 Å². The first-order valence-corrected chi connectivity index (χ1v) is 7.55. The lowest BCUT2D eigenvalue weighted by Crippen LogP contribution is -2.43. The van der Waals surface area contributed by atoms with Gasteiger partial charge in [0.15, 0.2) is 0 Å². The average molecular weight is 240 g/mol. The van der Waals surface area contributed by atoms with Gasteiger partial charge in [-0.1, -0.05) is 40.0 Å². The van der Waals surface area contributed by atoms with Crippen molar-refractivity contribution in [2.45, 2.75) is 65.8 Å². The minimum atomic E-state index is 0.499. The summed E-state index contributed by atoms with van der Waals surface area (Å²) in [5.41, 5.74) is 0.499. The van der Waals surface area contributed by atoms with Crippen molar-refractivity contribution in [2.24, 2.45) is 11.3 Å². The second-order valence-corrected chi connectivity index (χ2v) is 6.22. The average Bonchev–Trinajstić information content (AvgIpc) is 2.77. The molecule has 1 rings (SSSR count). The molecule has 0 aromatic rings. The Morgan fingerprint density at radius 2 is 2.00 bits per heavy atom. The lowest BCUT2D eigenvalue weighted by atomic mass is 9.76. The molecule has 0 aromatic heterocycles. The van der Waals surface area contributed by atoms with Gasteiger partial charge in [0.2, 0.25) is 0 Å². The molecule has 17 heavy (non-hydrogen) atoms. The van der Waals surface area contributed by atoms with E-state index in [1.54, 1.807) is 0 Å². The van der Waals surface area contributed by atoms with E-state index >= 15 is 0 Å². The molecule has 2 nitrogen and oxygen atoms in total. The molecule has 1 heterocycles. The highest BCUT2D eigenvalue weighted by atomic mass is 15.0. The molecular weight excluding hydrogens is 208 g/mol. The zero-order valence-corrected chi connectivity index (χ0v) is 12.3. The molecule has 0 amide bonds. The molecule has 2 unspecified atom stereocenters. The van der Waals surface area contributed by atoms with E-state index in [9.17, 15) is 0 Å². The van der Waals surface area contributed by atoms with Gasteiger partial charge in [0.05, 0.1) is 0 Å². The number of unbranched alkanes of at least 4 members (excludes halogenated alkanes) is 2. The van der Waals surface area contributed by atoms with E-state index in [-0.39, 0.29) is 0 Å². The van der Waals surface area contributed by atoms with Crippen LogP contribution in [0.3, 0.4) is 0 Å². The van der Waals surface area contributed by atoms with Crippen molar-refractivity contribution in [1.82, 2.24) is 10.6 Å². The number of hydrogen-bond acceptors (Lipinski definition) is 2. The Morgan fingerprint density at radius 3 is 2.53 bits per heavy atom. The second-order valence-electron chi connectivity index (χ2n) is 6.22. The fraction of sp³-hybridized carbons (Fsp3) is 1.00. The molecule has 1 aliphatic rings. The maximum atomic E-state index is 3.77. The van der Waals surface area contributed by atoms with Gasteiger partial charge in [-0.15, -0.1) is 0 Å². The minimum Gasteiger partial charge on any atom is -0.316 e. The van der Waals surface area contributed by atoms with Crippen LogP contribution in [-0.4, -0.2) is 25.7 Å². The molecule has 2 N–H and O–H groups in total. The summed E-state index contributed by atoms with van der Waals surface area (Å²) in [7, 11) is 0. The van der Waals surface area contributed by atoms with Crippen molar-refractivity contribution in [2.75, 3.05) is 19.6 Å². The third-order valence-corrected chi connectivity index (χ3v) is 4.54. The van der Waals surface area contributed by atoms with Crippen molar-refractivity contribution >= 4 is 0 Å². The molecule has 0 saturated carbocycles. The smallest absolute Gasteiger partial charge is 0.00389 e. The highest BCUT2D eigenvalue weighted by Crippen LogP contribution is 2.33. The van der Waals surface area contributed by atoms with Crippen molar-refractivity contribution < 1.29 is 0 Å². The molecule has 1 saturated heterocycles. The van der Waals surface area contributed by atoms with E-state index < -0.39 is 0 Å². The molecule has 0 spiro atoms. The summed E-state index contributed by atoms with van der Waals surface area (Å²) >= 11 is 0. The molecular formula is C15H32N2. The predicted octanol–water partition coefficient (Wildman–Crippen LogP) is 3.18. The second kappa shape index (κ2) is 7.38. The van der Waals surface area contributed by atoms with Gasteiger partial charge in [0.1, 0.15) is 0 Å². The van der Waals surface area contributed by atoms with Crippen LogP contribution >= 0.6 is 0 Å². The van der Waals surface area contributed by atoms with E-state index in [0.717, 1.165) is 5.92 Å². The van der Waals surface area contributed by atoms with Crippen LogP contribution in [0, 0.1) is 11.3 Å². The first kappa shape index (κ1) is 15.0. The Hall–Kier alpha value is -0.0800. The Kier molecular flexibility index (Phi) is 6.50. The topological polar surface area (TPSA) is 24.1 Å². The quantitative estimate of drug-likeness (QED) is 0.637. The molecule has 0 radical (unpaired) electrons. The molecule has 2 atom stereocenters. The lowest BCUT2D eigenvalue weighted by Gasteiger charge is -2.34. The monoisotopic (exact) mass is 240 g/mol. The lowest BCUT2D eigenvalue weighted by molar-refractivity contribution is 0.200. The van der Waals surface area contributed by atoms with Crippen molar-refractivity contribution in [3.05, 3.63) is 0 Å². The van der Waals surface area contributed by atoms with E-state index in [1.807, 2.05) is 0 Å². The van der Waals surface area contributed by atoms with Crippen LogP contribution in [0.15, 0.2) is 0 Å². The van der Waals surface area contributed by atoms with Gasteiger partial charge in [-0.25, -0.2) is 0 Å². The third kappa shape index (κ3) is 4.59. The maximum Gasteiger partial charge on any atom is 0.00389 e. The van der Waals surface area contributed by atoms with Gasteiger partial charge >= 0.3 is 0 Å². The van der Waals surface area contributed by atoms with Gasteiger partial charge in [-0.3, -0.25) is 0 Å². The SMILES string of the molecule is CCCCCC(C)NCC1(C(C)C)CCNC1. The number of nitrogens with one attached hydrogen (secondary N) is 2. The van der Waals surface area contributed by atoms with Crippen LogP contribution in [0.25, 0.3) is 0 Å². The minimum absolute atomic E-state index is 0.499. The van der Waals surface area contributed by atoms with Gasteiger partial charge in [0, 0.05) is 19.1 Å². The summed E-state index contributed by atoms with van der Waals surface area (Å²) in [6.07, 6.45) is 6.74. The third-order valence-electron chi connectivity index (χ3n) is 4.54. The number of hydrogen-bond donors (Lipinski definition) is 2. The van der Waals surface area contributed by atoms with Gasteiger partial charge in [-0.2, -0.15) is 0 Å². The Morgan fingerprint density at radius 1 is 1.24 bits per heavy atom. The van der Waals surface area contributed by atoms with E-state index in [0.29, 0.717) is 11.5 Å². The molecule has 102 valence electrons. The highest BCUT2D eigenvalue weighted by molar-refractivity contribution is 4.92. The predicted molar refractivity (Wildman–Crippen MR) is 76.4 cm³/mol. The van der Waals surface area contributed by atoms with E-state index in [4.69, 9.17) is 0 Å². The first-order chi connectivity index (χ1) is 8.10. The largest absolute Gasteiger partial charge is 0.316 e. The summed E-state index contributed by atoms with van der Waals surface area (Å²) in [4.78, 5) is 0. The standard InChI is InChI=1S/C15H32N2/c1-5-6-7-8-14(4)17-12-15(13(2)3)9-10-16-11-15/h13-14,16-17H,5-12H2,1-4H3. The van der Waals surface area contributed by atoms with Crippen molar-refractivity contribution in [1.29, 1.82) is 0 Å². The molecule has 1 aliphatic heterocycles. The number of rotatable bonds is 8. The van der Waals surface area contributed by atoms with Crippen LogP contribution in [0.1, 0.15) is 59.8 Å². The maximum absolute atomic E-state index is 3.77. The summed E-state index contributed by atoms with van der Waals surface area (Å²) in [6, 6.07) is 0.678. The Labute approximate surface area is 108 Å². The first-order valence-electron chi connectivity index (χ1n) is 7.55. The van der Waals surface area contributed by atoms with Crippen LogP contribution in [0.2, 0.25) is 0 Å². The fourth-order valence-corrected chi connectivity index (χ4v) is 2.79. The molecule has 1 fully saturated rings. The van der Waals surface area contributed by atoms with Gasteiger partial charge in [-0.05, 0) is 37.6 Å². The summed E-state index contributed by atoms with van der Waals surface area (Å²) in [6.45, 7) is 12.9. The summed E-state index contributed by atoms with van der Waals surface area (Å²) in [5, 5.41) is 7.30. The summed E-state index contributed by atoms with van der Waals surface area (Å²) in [5.74, 6) is 0.771.